The molecule has 12 heteroatoms. The van der Waals surface area contributed by atoms with Gasteiger partial charge in [0.05, 0.1) is 10.2 Å². The van der Waals surface area contributed by atoms with E-state index in [2.05, 4.69) is 24.8 Å². The Balaban J connectivity index is 0.00000342. The Labute approximate surface area is 226 Å². The molecule has 0 bridgehead atoms. The molecule has 0 radical (unpaired) electrons. The molecular weight excluding hydrogens is 544 g/mol. The van der Waals surface area contributed by atoms with Gasteiger partial charge in [0.25, 0.3) is 10.0 Å². The fourth-order valence-corrected chi connectivity index (χ4v) is 8.52. The van der Waals surface area contributed by atoms with Crippen molar-refractivity contribution < 1.29 is 13.2 Å². The molecule has 1 unspecified atom stereocenters. The Kier molecular flexibility index (Phi) is 10.0. The first-order valence-corrected chi connectivity index (χ1v) is 15.8. The van der Waals surface area contributed by atoms with E-state index in [9.17, 15) is 13.2 Å². The smallest absolute Gasteiger partial charge is 0.253 e. The van der Waals surface area contributed by atoms with Gasteiger partial charge >= 0.3 is 0 Å². The van der Waals surface area contributed by atoms with Crippen LogP contribution in [0.15, 0.2) is 44.8 Å². The predicted molar refractivity (Wildman–Crippen MR) is 150 cm³/mol. The van der Waals surface area contributed by atoms with E-state index in [1.54, 1.807) is 34.2 Å². The van der Waals surface area contributed by atoms with Crippen molar-refractivity contribution >= 4 is 78.1 Å². The standard InChI is InChI=1S/C23H30N4O3S4.ClH/c1-4-25(5-2)13-14-26(23-24-18-11-10-17(31-3)16-20(18)33-23)22(28)19-8-6-12-27(19)34(29,30)21-9-7-15-32-21;/h7,9-11,15-16,19H,4-6,8,12-14H2,1-3H3;1H. The average molecular weight is 575 g/mol. The van der Waals surface area contributed by atoms with Crippen LogP contribution in [0.25, 0.3) is 10.2 Å². The molecule has 3 heterocycles. The monoisotopic (exact) mass is 574 g/mol. The number of amides is 1. The van der Waals surface area contributed by atoms with Gasteiger partial charge in [-0.25, -0.2) is 13.4 Å². The summed E-state index contributed by atoms with van der Waals surface area (Å²) in [6, 6.07) is 8.73. The van der Waals surface area contributed by atoms with Crippen LogP contribution in [0.3, 0.4) is 0 Å². The summed E-state index contributed by atoms with van der Waals surface area (Å²) in [4.78, 5) is 23.8. The molecule has 1 aliphatic rings. The topological polar surface area (TPSA) is 73.8 Å². The number of rotatable bonds is 10. The van der Waals surface area contributed by atoms with E-state index in [4.69, 9.17) is 4.98 Å². The summed E-state index contributed by atoms with van der Waals surface area (Å²) >= 11 is 4.35. The molecule has 7 nitrogen and oxygen atoms in total. The van der Waals surface area contributed by atoms with Crippen molar-refractivity contribution in [1.82, 2.24) is 14.2 Å². The normalized spacial score (nSPS) is 16.6. The quantitative estimate of drug-likeness (QED) is 0.316. The fraction of sp³-hybridized carbons (Fsp3) is 0.478. The van der Waals surface area contributed by atoms with E-state index in [-0.39, 0.29) is 22.5 Å². The third kappa shape index (κ3) is 6.03. The molecule has 0 spiro atoms. The highest BCUT2D eigenvalue weighted by molar-refractivity contribution is 7.98. The number of nitrogens with zero attached hydrogens (tertiary/aromatic N) is 4. The SMILES string of the molecule is CCN(CC)CCN(C(=O)C1CCCN1S(=O)(=O)c1cccs1)c1nc2ccc(SC)cc2s1.Cl. The number of carbonyl (C=O) groups is 1. The summed E-state index contributed by atoms with van der Waals surface area (Å²) in [6.07, 6.45) is 3.22. The number of fused-ring (bicyclic) bond motifs is 1. The van der Waals surface area contributed by atoms with Gasteiger partial charge in [0.2, 0.25) is 5.91 Å². The summed E-state index contributed by atoms with van der Waals surface area (Å²) in [7, 11) is -3.71. The van der Waals surface area contributed by atoms with Crippen LogP contribution < -0.4 is 4.90 Å². The summed E-state index contributed by atoms with van der Waals surface area (Å²) in [5.74, 6) is -0.186. The number of thioether (sulfide) groups is 1. The molecule has 3 aromatic rings. The van der Waals surface area contributed by atoms with Crippen molar-refractivity contribution in [3.8, 4) is 0 Å². The lowest BCUT2D eigenvalue weighted by Gasteiger charge is -2.29. The summed E-state index contributed by atoms with van der Waals surface area (Å²) in [5, 5.41) is 2.38. The van der Waals surface area contributed by atoms with Crippen LogP contribution in [-0.2, 0) is 14.8 Å². The van der Waals surface area contributed by atoms with E-state index in [1.165, 1.54) is 27.0 Å². The van der Waals surface area contributed by atoms with Crippen molar-refractivity contribution in [3.63, 3.8) is 0 Å². The number of benzene rings is 1. The number of anilines is 1. The second-order valence-corrected chi connectivity index (χ2v) is 13.0. The number of likely N-dealkylation sites (N-methyl/N-ethyl adjacent to an activating group) is 1. The van der Waals surface area contributed by atoms with Crippen LogP contribution in [-0.4, -0.2) is 73.5 Å². The predicted octanol–water partition coefficient (Wildman–Crippen LogP) is 5.03. The lowest BCUT2D eigenvalue weighted by atomic mass is 10.2. The summed E-state index contributed by atoms with van der Waals surface area (Å²) < 4.78 is 29.3. The van der Waals surface area contributed by atoms with Gasteiger partial charge in [-0.15, -0.1) is 35.5 Å². The number of aromatic nitrogens is 1. The zero-order valence-corrected chi connectivity index (χ0v) is 24.1. The Bertz CT molecular complexity index is 1230. The minimum atomic E-state index is -3.71. The van der Waals surface area contributed by atoms with Crippen LogP contribution in [0.2, 0.25) is 0 Å². The zero-order chi connectivity index (χ0) is 24.3. The van der Waals surface area contributed by atoms with Crippen LogP contribution in [0.1, 0.15) is 26.7 Å². The minimum Gasteiger partial charge on any atom is -0.302 e. The second kappa shape index (κ2) is 12.4. The Morgan fingerprint density at radius 3 is 2.66 bits per heavy atom. The third-order valence-electron chi connectivity index (χ3n) is 6.16. The van der Waals surface area contributed by atoms with Crippen molar-refractivity contribution in [1.29, 1.82) is 0 Å². The number of sulfonamides is 1. The highest BCUT2D eigenvalue weighted by atomic mass is 35.5. The first-order valence-electron chi connectivity index (χ1n) is 11.4. The number of thiazole rings is 1. The zero-order valence-electron chi connectivity index (χ0n) is 20.0. The molecule has 1 amide bonds. The Hall–Kier alpha value is -1.21. The van der Waals surface area contributed by atoms with Crippen LogP contribution in [0.5, 0.6) is 0 Å². The van der Waals surface area contributed by atoms with Gasteiger partial charge in [0, 0.05) is 24.5 Å². The third-order valence-corrected chi connectivity index (χ3v) is 11.2. The Morgan fingerprint density at radius 2 is 2.00 bits per heavy atom. The van der Waals surface area contributed by atoms with Gasteiger partial charge in [-0.3, -0.25) is 9.69 Å². The second-order valence-electron chi connectivity index (χ2n) is 8.05. The number of hydrogen-bond donors (Lipinski definition) is 0. The van der Waals surface area contributed by atoms with Gasteiger partial charge in [-0.1, -0.05) is 31.3 Å². The molecule has 1 aliphatic heterocycles. The van der Waals surface area contributed by atoms with Crippen molar-refractivity contribution in [2.45, 2.75) is 41.8 Å². The van der Waals surface area contributed by atoms with Crippen LogP contribution >= 0.6 is 46.8 Å². The molecule has 35 heavy (non-hydrogen) atoms. The van der Waals surface area contributed by atoms with Gasteiger partial charge in [0.1, 0.15) is 10.3 Å². The molecule has 1 aromatic carbocycles. The largest absolute Gasteiger partial charge is 0.302 e. The van der Waals surface area contributed by atoms with E-state index in [1.807, 2.05) is 18.4 Å². The lowest BCUT2D eigenvalue weighted by molar-refractivity contribution is -0.121. The average Bonchev–Trinajstić information content (AvgIpc) is 3.61. The molecule has 192 valence electrons. The van der Waals surface area contributed by atoms with E-state index < -0.39 is 16.1 Å². The maximum absolute atomic E-state index is 13.9. The molecular formula is C23H31ClN4O3S4. The molecule has 0 saturated carbocycles. The molecule has 0 aliphatic carbocycles. The van der Waals surface area contributed by atoms with Gasteiger partial charge in [-0.2, -0.15) is 4.31 Å². The Morgan fingerprint density at radius 1 is 1.23 bits per heavy atom. The maximum atomic E-state index is 13.9. The minimum absolute atomic E-state index is 0. The van der Waals surface area contributed by atoms with Crippen molar-refractivity contribution in [2.75, 3.05) is 43.9 Å². The first kappa shape index (κ1) is 28.4. The highest BCUT2D eigenvalue weighted by Crippen LogP contribution is 2.34. The summed E-state index contributed by atoms with van der Waals surface area (Å²) in [6.45, 7) is 7.51. The molecule has 1 atom stereocenters. The maximum Gasteiger partial charge on any atom is 0.253 e. The van der Waals surface area contributed by atoms with Gasteiger partial charge < -0.3 is 4.90 Å². The van der Waals surface area contributed by atoms with E-state index >= 15 is 0 Å². The first-order chi connectivity index (χ1) is 16.4. The van der Waals surface area contributed by atoms with E-state index in [0.29, 0.717) is 37.6 Å². The van der Waals surface area contributed by atoms with Crippen molar-refractivity contribution in [2.24, 2.45) is 0 Å². The molecule has 1 fully saturated rings. The number of thiophene rings is 1. The van der Waals surface area contributed by atoms with Crippen LogP contribution in [0.4, 0.5) is 5.13 Å². The summed E-state index contributed by atoms with van der Waals surface area (Å²) in [5.41, 5.74) is 0.855. The van der Waals surface area contributed by atoms with Gasteiger partial charge in [-0.05, 0) is 61.8 Å². The fourth-order valence-electron chi connectivity index (χ4n) is 4.20. The lowest BCUT2D eigenvalue weighted by Crippen LogP contribution is -2.49. The van der Waals surface area contributed by atoms with Gasteiger partial charge in [0.15, 0.2) is 5.13 Å². The van der Waals surface area contributed by atoms with E-state index in [0.717, 1.165) is 28.2 Å². The molecule has 1 saturated heterocycles. The van der Waals surface area contributed by atoms with Crippen LogP contribution in [0, 0.1) is 0 Å². The molecule has 2 aromatic heterocycles. The molecule has 0 N–H and O–H groups in total. The number of hydrogen-bond acceptors (Lipinski definition) is 8. The molecule has 4 rings (SSSR count). The number of carbonyl (C=O) groups excluding carboxylic acids is 1. The van der Waals surface area contributed by atoms with Crippen molar-refractivity contribution in [3.05, 3.63) is 35.7 Å². The highest BCUT2D eigenvalue weighted by Gasteiger charge is 2.42. The number of halogens is 1.